The number of rotatable bonds is 6. The molecule has 0 amide bonds. The number of benzene rings is 1. The minimum Gasteiger partial charge on any atom is -0.486 e. The molecule has 0 radical (unpaired) electrons. The molecule has 1 aliphatic heterocycles. The number of hydrogen-bond acceptors (Lipinski definition) is 4. The second kappa shape index (κ2) is 6.90. The highest BCUT2D eigenvalue weighted by atomic mass is 32.2. The zero-order valence-electron chi connectivity index (χ0n) is 11.1. The van der Waals surface area contributed by atoms with Crippen LogP contribution in [0.3, 0.4) is 0 Å². The molecule has 1 aliphatic rings. The second-order valence-electron chi connectivity index (χ2n) is 4.17. The van der Waals surface area contributed by atoms with E-state index in [9.17, 15) is 0 Å². The monoisotopic (exact) mass is 267 g/mol. The van der Waals surface area contributed by atoms with Gasteiger partial charge >= 0.3 is 0 Å². The number of hydrogen-bond donors (Lipinski definition) is 1. The smallest absolute Gasteiger partial charge is 0.161 e. The van der Waals surface area contributed by atoms with E-state index in [1.165, 1.54) is 5.56 Å². The summed E-state index contributed by atoms with van der Waals surface area (Å²) in [5.74, 6) is 3.97. The van der Waals surface area contributed by atoms with Gasteiger partial charge in [-0.1, -0.05) is 19.9 Å². The van der Waals surface area contributed by atoms with Crippen LogP contribution in [-0.2, 0) is 0 Å². The number of thioether (sulfide) groups is 1. The fourth-order valence-electron chi connectivity index (χ4n) is 2.03. The SMILES string of the molecule is CCNC(CSCC)c1ccc2c(c1)OCCO2. The van der Waals surface area contributed by atoms with Gasteiger partial charge in [0.25, 0.3) is 0 Å². The van der Waals surface area contributed by atoms with Crippen molar-refractivity contribution in [3.63, 3.8) is 0 Å². The summed E-state index contributed by atoms with van der Waals surface area (Å²) in [5.41, 5.74) is 1.28. The maximum Gasteiger partial charge on any atom is 0.161 e. The molecule has 1 atom stereocenters. The first kappa shape index (κ1) is 13.6. The first-order valence-corrected chi connectivity index (χ1v) is 7.71. The van der Waals surface area contributed by atoms with Crippen LogP contribution in [0.5, 0.6) is 11.5 Å². The number of nitrogens with one attached hydrogen (secondary N) is 1. The van der Waals surface area contributed by atoms with Gasteiger partial charge in [0.05, 0.1) is 0 Å². The second-order valence-corrected chi connectivity index (χ2v) is 5.49. The molecule has 0 spiro atoms. The zero-order chi connectivity index (χ0) is 12.8. The van der Waals surface area contributed by atoms with Crippen molar-refractivity contribution in [2.24, 2.45) is 0 Å². The molecule has 0 fully saturated rings. The van der Waals surface area contributed by atoms with Crippen LogP contribution in [0.1, 0.15) is 25.5 Å². The predicted molar refractivity (Wildman–Crippen MR) is 76.8 cm³/mol. The maximum atomic E-state index is 5.64. The third-order valence-electron chi connectivity index (χ3n) is 2.91. The lowest BCUT2D eigenvalue weighted by Crippen LogP contribution is -2.23. The first-order valence-electron chi connectivity index (χ1n) is 6.55. The van der Waals surface area contributed by atoms with Crippen molar-refractivity contribution in [1.82, 2.24) is 5.32 Å². The van der Waals surface area contributed by atoms with E-state index in [1.54, 1.807) is 0 Å². The Morgan fingerprint density at radius 2 is 2.00 bits per heavy atom. The first-order chi connectivity index (χ1) is 8.85. The van der Waals surface area contributed by atoms with Crippen molar-refractivity contribution in [3.8, 4) is 11.5 Å². The molecule has 18 heavy (non-hydrogen) atoms. The van der Waals surface area contributed by atoms with Gasteiger partial charge < -0.3 is 14.8 Å². The van der Waals surface area contributed by atoms with Crippen LogP contribution in [0, 0.1) is 0 Å². The highest BCUT2D eigenvalue weighted by molar-refractivity contribution is 7.99. The molecule has 0 aromatic heterocycles. The van der Waals surface area contributed by atoms with Gasteiger partial charge in [-0.3, -0.25) is 0 Å². The van der Waals surface area contributed by atoms with E-state index in [2.05, 4.69) is 31.3 Å². The summed E-state index contributed by atoms with van der Waals surface area (Å²) in [6, 6.07) is 6.65. The van der Waals surface area contributed by atoms with Gasteiger partial charge in [-0.25, -0.2) is 0 Å². The molecule has 0 bridgehead atoms. The van der Waals surface area contributed by atoms with Gasteiger partial charge in [-0.2, -0.15) is 11.8 Å². The largest absolute Gasteiger partial charge is 0.486 e. The maximum absolute atomic E-state index is 5.64. The molecule has 2 rings (SSSR count). The zero-order valence-corrected chi connectivity index (χ0v) is 11.9. The van der Waals surface area contributed by atoms with Crippen molar-refractivity contribution < 1.29 is 9.47 Å². The highest BCUT2D eigenvalue weighted by Gasteiger charge is 2.16. The Labute approximate surface area is 113 Å². The normalized spacial score (nSPS) is 15.4. The Bertz CT molecular complexity index is 384. The van der Waals surface area contributed by atoms with E-state index in [0.29, 0.717) is 19.3 Å². The van der Waals surface area contributed by atoms with Gasteiger partial charge in [-0.05, 0) is 30.0 Å². The molecular weight excluding hydrogens is 246 g/mol. The molecule has 0 saturated carbocycles. The minimum absolute atomic E-state index is 0.385. The van der Waals surface area contributed by atoms with Crippen molar-refractivity contribution >= 4 is 11.8 Å². The number of ether oxygens (including phenoxy) is 2. The van der Waals surface area contributed by atoms with E-state index in [0.717, 1.165) is 29.5 Å². The molecule has 1 aromatic carbocycles. The molecular formula is C14H21NO2S. The van der Waals surface area contributed by atoms with E-state index in [4.69, 9.17) is 9.47 Å². The van der Waals surface area contributed by atoms with Gasteiger partial charge in [0, 0.05) is 11.8 Å². The lowest BCUT2D eigenvalue weighted by Gasteiger charge is -2.22. The van der Waals surface area contributed by atoms with Crippen LogP contribution in [0.15, 0.2) is 18.2 Å². The lowest BCUT2D eigenvalue weighted by molar-refractivity contribution is 0.171. The van der Waals surface area contributed by atoms with Gasteiger partial charge in [-0.15, -0.1) is 0 Å². The molecule has 1 aromatic rings. The summed E-state index contributed by atoms with van der Waals surface area (Å²) >= 11 is 1.95. The van der Waals surface area contributed by atoms with Gasteiger partial charge in [0.2, 0.25) is 0 Å². The Morgan fingerprint density at radius 1 is 1.22 bits per heavy atom. The highest BCUT2D eigenvalue weighted by Crippen LogP contribution is 2.33. The van der Waals surface area contributed by atoms with Gasteiger partial charge in [0.1, 0.15) is 13.2 Å². The Kier molecular flexibility index (Phi) is 5.20. The van der Waals surface area contributed by atoms with E-state index >= 15 is 0 Å². The van der Waals surface area contributed by atoms with E-state index in [1.807, 2.05) is 17.8 Å². The van der Waals surface area contributed by atoms with Crippen LogP contribution in [0.2, 0.25) is 0 Å². The minimum atomic E-state index is 0.385. The van der Waals surface area contributed by atoms with Crippen LogP contribution in [0.25, 0.3) is 0 Å². The summed E-state index contributed by atoms with van der Waals surface area (Å²) in [6.07, 6.45) is 0. The van der Waals surface area contributed by atoms with Crippen molar-refractivity contribution in [3.05, 3.63) is 23.8 Å². The van der Waals surface area contributed by atoms with Crippen molar-refractivity contribution in [2.45, 2.75) is 19.9 Å². The molecule has 4 heteroatoms. The van der Waals surface area contributed by atoms with Crippen LogP contribution < -0.4 is 14.8 Å². The predicted octanol–water partition coefficient (Wildman–Crippen LogP) is 2.86. The third kappa shape index (κ3) is 3.33. The Balaban J connectivity index is 2.13. The molecule has 0 saturated heterocycles. The average molecular weight is 267 g/mol. The lowest BCUT2D eigenvalue weighted by atomic mass is 10.1. The molecule has 1 unspecified atom stereocenters. The summed E-state index contributed by atoms with van der Waals surface area (Å²) < 4.78 is 11.2. The standard InChI is InChI=1S/C14H21NO2S/c1-3-15-12(10-18-4-2)11-5-6-13-14(9-11)17-8-7-16-13/h5-6,9,12,15H,3-4,7-8,10H2,1-2H3. The molecule has 100 valence electrons. The molecule has 1 heterocycles. The van der Waals surface area contributed by atoms with Gasteiger partial charge in [0.15, 0.2) is 11.5 Å². The summed E-state index contributed by atoms with van der Waals surface area (Å²) in [6.45, 7) is 6.60. The van der Waals surface area contributed by atoms with Crippen molar-refractivity contribution in [2.75, 3.05) is 31.3 Å². The topological polar surface area (TPSA) is 30.5 Å². The molecule has 1 N–H and O–H groups in total. The van der Waals surface area contributed by atoms with E-state index in [-0.39, 0.29) is 0 Å². The molecule has 3 nitrogen and oxygen atoms in total. The Morgan fingerprint density at radius 3 is 2.72 bits per heavy atom. The Hall–Kier alpha value is -0.870. The third-order valence-corrected chi connectivity index (χ3v) is 3.89. The van der Waals surface area contributed by atoms with Crippen LogP contribution in [-0.4, -0.2) is 31.3 Å². The van der Waals surface area contributed by atoms with Crippen LogP contribution >= 0.6 is 11.8 Å². The van der Waals surface area contributed by atoms with E-state index < -0.39 is 0 Å². The van der Waals surface area contributed by atoms with Crippen molar-refractivity contribution in [1.29, 1.82) is 0 Å². The summed E-state index contributed by atoms with van der Waals surface area (Å²) in [7, 11) is 0. The summed E-state index contributed by atoms with van der Waals surface area (Å²) in [5, 5.41) is 3.52. The average Bonchev–Trinajstić information content (AvgIpc) is 2.43. The molecule has 0 aliphatic carbocycles. The fraction of sp³-hybridized carbons (Fsp3) is 0.571. The number of fused-ring (bicyclic) bond motifs is 1. The summed E-state index contributed by atoms with van der Waals surface area (Å²) in [4.78, 5) is 0. The quantitative estimate of drug-likeness (QED) is 0.858. The van der Waals surface area contributed by atoms with Crippen LogP contribution in [0.4, 0.5) is 0 Å². The fourth-order valence-corrected chi connectivity index (χ4v) is 2.81.